The average molecular weight is 122 g/mol. The third-order valence-corrected chi connectivity index (χ3v) is 1.50. The Hall–Kier alpha value is 0.390. The lowest BCUT2D eigenvalue weighted by Gasteiger charge is -2.11. The third kappa shape index (κ3) is 3.02. The molecule has 0 saturated carbocycles. The van der Waals surface area contributed by atoms with E-state index in [2.05, 4.69) is 13.8 Å². The van der Waals surface area contributed by atoms with Crippen molar-refractivity contribution < 1.29 is 4.52 Å². The SMILES string of the molecule is [3H]PO[C@@H](C)C(C)C. The molecule has 2 heteroatoms. The molecular weight excluding hydrogens is 107 g/mol. The molecule has 7 heavy (non-hydrogen) atoms. The van der Waals surface area contributed by atoms with Gasteiger partial charge in [0.05, 0.1) is 7.38 Å². The summed E-state index contributed by atoms with van der Waals surface area (Å²) in [4.78, 5) is 0. The van der Waals surface area contributed by atoms with E-state index in [-0.39, 0.29) is 15.5 Å². The van der Waals surface area contributed by atoms with Crippen molar-refractivity contribution in [1.29, 1.82) is 1.28 Å². The first kappa shape index (κ1) is 5.53. The number of hydrogen-bond donors (Lipinski definition) is 0. The van der Waals surface area contributed by atoms with Gasteiger partial charge in [0.15, 0.2) is 0 Å². The second-order valence-electron chi connectivity index (χ2n) is 2.07. The summed E-state index contributed by atoms with van der Waals surface area (Å²) in [6.45, 7) is 6.17. The standard InChI is InChI=1S/C5H13OP/c1-4(2)5(3)6-7/h4-5H,7H2,1-3H3/t5-/m0/s1/i7T/t5-,7?. The quantitative estimate of drug-likeness (QED) is 0.519. The molecule has 0 N–H and O–H groups in total. The molecule has 0 aromatic heterocycles. The van der Waals surface area contributed by atoms with Gasteiger partial charge in [-0.15, -0.1) is 0 Å². The highest BCUT2D eigenvalue weighted by molar-refractivity contribution is 7.09. The van der Waals surface area contributed by atoms with E-state index in [1.54, 1.807) is 0 Å². The summed E-state index contributed by atoms with van der Waals surface area (Å²) >= 11 is 0. The fourth-order valence-electron chi connectivity index (χ4n) is 0.136. The Bertz CT molecular complexity index is 58.4. The largest absolute Gasteiger partial charge is 0.362 e. The molecule has 0 aliphatic heterocycles. The van der Waals surface area contributed by atoms with E-state index >= 15 is 0 Å². The molecule has 0 fully saturated rings. The molecule has 44 valence electrons. The molecule has 0 heterocycles. The Morgan fingerprint density at radius 3 is 2.29 bits per heavy atom. The van der Waals surface area contributed by atoms with Crippen LogP contribution in [0.2, 0.25) is 0 Å². The second kappa shape index (κ2) is 3.40. The van der Waals surface area contributed by atoms with Gasteiger partial charge >= 0.3 is 0 Å². The van der Waals surface area contributed by atoms with Gasteiger partial charge in [-0.25, -0.2) is 0 Å². The van der Waals surface area contributed by atoms with Gasteiger partial charge in [-0.05, 0) is 12.8 Å². The molecule has 0 aromatic rings. The Kier molecular flexibility index (Phi) is 2.68. The molecule has 0 saturated heterocycles. The topological polar surface area (TPSA) is 9.23 Å². The first-order chi connectivity index (χ1) is 3.68. The highest BCUT2D eigenvalue weighted by atomic mass is 31.0. The molecule has 0 spiro atoms. The van der Waals surface area contributed by atoms with Crippen molar-refractivity contribution in [2.75, 3.05) is 0 Å². The van der Waals surface area contributed by atoms with Crippen LogP contribution in [-0.4, -0.2) is 7.38 Å². The van der Waals surface area contributed by atoms with Crippen LogP contribution in [0.5, 0.6) is 0 Å². The number of hydrogen-bond acceptors (Lipinski definition) is 1. The van der Waals surface area contributed by atoms with Crippen LogP contribution in [0, 0.1) is 5.92 Å². The van der Waals surface area contributed by atoms with E-state index in [1.807, 2.05) is 6.92 Å². The van der Waals surface area contributed by atoms with E-state index in [1.165, 1.54) is 0 Å². The van der Waals surface area contributed by atoms with Crippen molar-refractivity contribution in [2.24, 2.45) is 5.92 Å². The molecule has 1 unspecified atom stereocenters. The molecule has 2 atom stereocenters. The summed E-state index contributed by atoms with van der Waals surface area (Å²) in [6, 6.07) is 0. The molecule has 0 aliphatic rings. The van der Waals surface area contributed by atoms with Crippen LogP contribution < -0.4 is 0 Å². The molecule has 1 nitrogen and oxygen atoms in total. The van der Waals surface area contributed by atoms with Crippen molar-refractivity contribution in [2.45, 2.75) is 26.9 Å². The van der Waals surface area contributed by atoms with Crippen LogP contribution in [0.3, 0.4) is 0 Å². The van der Waals surface area contributed by atoms with Gasteiger partial charge in [-0.1, -0.05) is 13.8 Å². The second-order valence-corrected chi connectivity index (χ2v) is 2.30. The minimum absolute atomic E-state index is 0.119. The Morgan fingerprint density at radius 2 is 2.14 bits per heavy atom. The van der Waals surface area contributed by atoms with Crippen LogP contribution in [0.25, 0.3) is 0 Å². The van der Waals surface area contributed by atoms with E-state index in [0.29, 0.717) is 5.92 Å². The van der Waals surface area contributed by atoms with Crippen molar-refractivity contribution >= 4 is 9.41 Å². The molecule has 0 radical (unpaired) electrons. The van der Waals surface area contributed by atoms with Crippen LogP contribution in [0.1, 0.15) is 20.8 Å². The fraction of sp³-hybridized carbons (Fsp3) is 1.00. The average Bonchev–Trinajstić information content (AvgIpc) is 1.67. The number of rotatable bonds is 3. The maximum Gasteiger partial charge on any atom is 0.0851 e. The van der Waals surface area contributed by atoms with Gasteiger partial charge in [0.2, 0.25) is 0 Å². The van der Waals surface area contributed by atoms with E-state index < -0.39 is 0 Å². The van der Waals surface area contributed by atoms with Gasteiger partial charge in [0.1, 0.15) is 0 Å². The van der Waals surface area contributed by atoms with E-state index in [9.17, 15) is 0 Å². The lowest BCUT2D eigenvalue weighted by Crippen LogP contribution is -2.09. The van der Waals surface area contributed by atoms with Crippen molar-refractivity contribution in [3.63, 3.8) is 0 Å². The molecule has 0 aliphatic carbocycles. The van der Waals surface area contributed by atoms with Crippen LogP contribution in [0.4, 0.5) is 0 Å². The van der Waals surface area contributed by atoms with Crippen molar-refractivity contribution in [3.05, 3.63) is 0 Å². The smallest absolute Gasteiger partial charge is 0.0851 e. The zero-order chi connectivity index (χ0) is 6.57. The highest BCUT2D eigenvalue weighted by Crippen LogP contribution is 2.07. The zero-order valence-electron chi connectivity index (χ0n) is 6.06. The minimum Gasteiger partial charge on any atom is -0.362 e. The van der Waals surface area contributed by atoms with Crippen molar-refractivity contribution in [1.82, 2.24) is 0 Å². The van der Waals surface area contributed by atoms with Crippen LogP contribution in [-0.2, 0) is 4.52 Å². The fourth-order valence-corrected chi connectivity index (χ4v) is 0.408. The summed E-state index contributed by atoms with van der Waals surface area (Å²) in [5, 5.41) is 0. The molecule has 0 amide bonds. The molecule has 0 rings (SSSR count). The maximum atomic E-state index is 6.73. The normalized spacial score (nSPS) is 18.6. The Labute approximate surface area is 49.0 Å². The predicted molar refractivity (Wildman–Crippen MR) is 35.1 cm³/mol. The molecule has 0 bridgehead atoms. The summed E-state index contributed by atoms with van der Waals surface area (Å²) < 4.78 is 11.7. The zero-order valence-corrected chi connectivity index (χ0v) is 6.06. The van der Waals surface area contributed by atoms with E-state index in [4.69, 9.17) is 5.80 Å². The van der Waals surface area contributed by atoms with Gasteiger partial charge < -0.3 is 4.52 Å². The molecular formula is C5H13OP. The lowest BCUT2D eigenvalue weighted by atomic mass is 10.1. The monoisotopic (exact) mass is 122 g/mol. The first-order valence-corrected chi connectivity index (χ1v) is 2.91. The summed E-state index contributed by atoms with van der Waals surface area (Å²) in [5.74, 6) is 0.535. The van der Waals surface area contributed by atoms with E-state index in [0.717, 1.165) is 0 Å². The Balaban J connectivity index is 3.17. The van der Waals surface area contributed by atoms with Gasteiger partial charge in [-0.2, -0.15) is 0 Å². The van der Waals surface area contributed by atoms with Gasteiger partial charge in [0, 0.05) is 9.41 Å². The summed E-state index contributed by atoms with van der Waals surface area (Å²) in [6.07, 6.45) is 0.242. The van der Waals surface area contributed by atoms with Crippen LogP contribution >= 0.6 is 9.41 Å². The summed E-state index contributed by atoms with van der Waals surface area (Å²) in [5.41, 5.74) is 0. The highest BCUT2D eigenvalue weighted by Gasteiger charge is 2.02. The first-order valence-electron chi connectivity index (χ1n) is 3.01. The minimum atomic E-state index is -0.119. The summed E-state index contributed by atoms with van der Waals surface area (Å²) in [7, 11) is -0.119. The van der Waals surface area contributed by atoms with Gasteiger partial charge in [-0.3, -0.25) is 0 Å². The molecule has 0 aromatic carbocycles. The maximum absolute atomic E-state index is 6.73. The third-order valence-electron chi connectivity index (χ3n) is 1.12. The lowest BCUT2D eigenvalue weighted by molar-refractivity contribution is 0.202. The predicted octanol–water partition coefficient (Wildman–Crippen LogP) is 1.84. The van der Waals surface area contributed by atoms with Crippen molar-refractivity contribution in [3.8, 4) is 0 Å². The Morgan fingerprint density at radius 1 is 1.57 bits per heavy atom. The van der Waals surface area contributed by atoms with Gasteiger partial charge in [0.25, 0.3) is 0 Å². The van der Waals surface area contributed by atoms with Crippen LogP contribution in [0.15, 0.2) is 0 Å².